The number of nitrogens with zero attached hydrogens (tertiary/aromatic N) is 4. The maximum Gasteiger partial charge on any atom is 0.249 e. The zero-order valence-corrected chi connectivity index (χ0v) is 11.5. The largest absolute Gasteiger partial charge is 0.419 e. The Balaban J connectivity index is 2.40. The highest BCUT2D eigenvalue weighted by atomic mass is 79.9. The van der Waals surface area contributed by atoms with E-state index in [0.717, 1.165) is 23.4 Å². The van der Waals surface area contributed by atoms with Crippen LogP contribution in [0.25, 0.3) is 11.5 Å². The van der Waals surface area contributed by atoms with Crippen molar-refractivity contribution in [3.05, 3.63) is 23.3 Å². The second-order valence-corrected chi connectivity index (χ2v) is 4.91. The highest BCUT2D eigenvalue weighted by Gasteiger charge is 2.16. The smallest absolute Gasteiger partial charge is 0.249 e. The lowest BCUT2D eigenvalue weighted by Gasteiger charge is -2.01. The maximum absolute atomic E-state index is 5.62. The van der Waals surface area contributed by atoms with Gasteiger partial charge in [-0.15, -0.1) is 10.2 Å². The first-order chi connectivity index (χ1) is 8.11. The van der Waals surface area contributed by atoms with Gasteiger partial charge in [0.15, 0.2) is 0 Å². The molecule has 2 rings (SSSR count). The van der Waals surface area contributed by atoms with Crippen molar-refractivity contribution < 1.29 is 4.42 Å². The van der Waals surface area contributed by atoms with Crippen molar-refractivity contribution in [2.24, 2.45) is 0 Å². The van der Waals surface area contributed by atoms with Gasteiger partial charge in [0.25, 0.3) is 0 Å². The van der Waals surface area contributed by atoms with Crippen molar-refractivity contribution in [3.63, 3.8) is 0 Å². The third-order valence-corrected chi connectivity index (χ3v) is 3.44. The first-order valence-electron chi connectivity index (χ1n) is 5.40. The van der Waals surface area contributed by atoms with Gasteiger partial charge in [-0.1, -0.05) is 22.9 Å². The van der Waals surface area contributed by atoms with E-state index >= 15 is 0 Å². The quantitative estimate of drug-likeness (QED) is 0.815. The zero-order chi connectivity index (χ0) is 12.4. The molecule has 0 aliphatic rings. The average molecular weight is 297 g/mol. The fraction of sp³-hybridized carbons (Fsp3) is 0.455. The number of aryl methyl sites for hydroxylation is 2. The summed E-state index contributed by atoms with van der Waals surface area (Å²) in [5, 5.41) is 16.1. The lowest BCUT2D eigenvalue weighted by Crippen LogP contribution is -1.93. The van der Waals surface area contributed by atoms with Crippen molar-refractivity contribution in [1.82, 2.24) is 20.4 Å². The Kier molecular flexibility index (Phi) is 3.51. The molecular weight excluding hydrogens is 284 g/mol. The average Bonchev–Trinajstić information content (AvgIpc) is 2.80. The lowest BCUT2D eigenvalue weighted by molar-refractivity contribution is 0.499. The Morgan fingerprint density at radius 3 is 2.71 bits per heavy atom. The minimum atomic E-state index is 0.0972. The van der Waals surface area contributed by atoms with Gasteiger partial charge < -0.3 is 4.42 Å². The zero-order valence-electron chi connectivity index (χ0n) is 9.94. The van der Waals surface area contributed by atoms with Gasteiger partial charge in [0.05, 0.1) is 21.8 Å². The van der Waals surface area contributed by atoms with Crippen molar-refractivity contribution in [1.29, 1.82) is 0 Å². The molecule has 0 spiro atoms. The number of aromatic nitrogens is 4. The fourth-order valence-corrected chi connectivity index (χ4v) is 1.60. The van der Waals surface area contributed by atoms with Gasteiger partial charge in [0.2, 0.25) is 11.8 Å². The summed E-state index contributed by atoms with van der Waals surface area (Å²) in [5.74, 6) is 1.09. The molecule has 0 aliphatic heterocycles. The van der Waals surface area contributed by atoms with E-state index in [4.69, 9.17) is 4.42 Å². The van der Waals surface area contributed by atoms with Crippen LogP contribution in [0, 0.1) is 13.8 Å². The van der Waals surface area contributed by atoms with E-state index in [1.54, 1.807) is 0 Å². The molecule has 0 saturated carbocycles. The molecule has 0 amide bonds. The van der Waals surface area contributed by atoms with Crippen molar-refractivity contribution >= 4 is 15.9 Å². The predicted octanol–water partition coefficient (Wildman–Crippen LogP) is 2.99. The van der Waals surface area contributed by atoms with E-state index in [-0.39, 0.29) is 4.83 Å². The summed E-state index contributed by atoms with van der Waals surface area (Å²) in [6.07, 6.45) is 0.897. The molecule has 0 aromatic carbocycles. The van der Waals surface area contributed by atoms with E-state index in [1.807, 2.05) is 26.8 Å². The van der Waals surface area contributed by atoms with Crippen LogP contribution in [0.2, 0.25) is 0 Å². The fourth-order valence-electron chi connectivity index (χ4n) is 1.41. The van der Waals surface area contributed by atoms with E-state index in [0.29, 0.717) is 11.8 Å². The molecule has 90 valence electrons. The summed E-state index contributed by atoms with van der Waals surface area (Å²) in [6, 6.07) is 1.90. The van der Waals surface area contributed by atoms with Gasteiger partial charge in [-0.2, -0.15) is 10.2 Å². The van der Waals surface area contributed by atoms with Crippen LogP contribution in [0.3, 0.4) is 0 Å². The Morgan fingerprint density at radius 1 is 1.24 bits per heavy atom. The van der Waals surface area contributed by atoms with E-state index in [2.05, 4.69) is 36.3 Å². The number of hydrogen-bond donors (Lipinski definition) is 0. The normalized spacial score (nSPS) is 12.7. The van der Waals surface area contributed by atoms with E-state index < -0.39 is 0 Å². The molecule has 5 nitrogen and oxygen atoms in total. The summed E-state index contributed by atoms with van der Waals surface area (Å²) in [6.45, 7) is 5.80. The molecule has 0 fully saturated rings. The molecular formula is C11H13BrN4O. The first-order valence-corrected chi connectivity index (χ1v) is 6.32. The van der Waals surface area contributed by atoms with Crippen LogP contribution in [0.1, 0.15) is 35.5 Å². The highest BCUT2D eigenvalue weighted by Crippen LogP contribution is 2.28. The van der Waals surface area contributed by atoms with Gasteiger partial charge in [-0.3, -0.25) is 0 Å². The van der Waals surface area contributed by atoms with E-state index in [1.165, 1.54) is 0 Å². The van der Waals surface area contributed by atoms with Crippen LogP contribution in [0.15, 0.2) is 10.5 Å². The predicted molar refractivity (Wildman–Crippen MR) is 66.8 cm³/mol. The molecule has 2 aromatic heterocycles. The lowest BCUT2D eigenvalue weighted by atomic mass is 10.2. The minimum Gasteiger partial charge on any atom is -0.419 e. The van der Waals surface area contributed by atoms with Gasteiger partial charge in [-0.05, 0) is 26.3 Å². The highest BCUT2D eigenvalue weighted by molar-refractivity contribution is 9.09. The molecule has 1 unspecified atom stereocenters. The molecule has 2 heterocycles. The minimum absolute atomic E-state index is 0.0972. The van der Waals surface area contributed by atoms with Gasteiger partial charge in [-0.25, -0.2) is 0 Å². The molecule has 17 heavy (non-hydrogen) atoms. The van der Waals surface area contributed by atoms with Crippen LogP contribution in [-0.2, 0) is 0 Å². The van der Waals surface area contributed by atoms with Crippen LogP contribution in [0.5, 0.6) is 0 Å². The topological polar surface area (TPSA) is 64.7 Å². The van der Waals surface area contributed by atoms with Crippen molar-refractivity contribution in [2.75, 3.05) is 0 Å². The molecule has 6 heteroatoms. The van der Waals surface area contributed by atoms with Crippen LogP contribution in [-0.4, -0.2) is 20.4 Å². The van der Waals surface area contributed by atoms with E-state index in [9.17, 15) is 0 Å². The van der Waals surface area contributed by atoms with Gasteiger partial charge >= 0.3 is 0 Å². The second-order valence-electron chi connectivity index (χ2n) is 3.81. The standard InChI is InChI=1S/C11H13BrN4O/c1-4-9(12)11-16-15-10(17-11)8-5-6(2)13-14-7(8)3/h5,9H,4H2,1-3H3. The molecule has 0 N–H and O–H groups in total. The van der Waals surface area contributed by atoms with Gasteiger partial charge in [0.1, 0.15) is 0 Å². The summed E-state index contributed by atoms with van der Waals surface area (Å²) >= 11 is 3.48. The SMILES string of the molecule is CCC(Br)c1nnc(-c2cc(C)nnc2C)o1. The maximum atomic E-state index is 5.62. The van der Waals surface area contributed by atoms with Crippen LogP contribution >= 0.6 is 15.9 Å². The number of alkyl halides is 1. The third-order valence-electron chi connectivity index (χ3n) is 2.40. The van der Waals surface area contributed by atoms with Crippen LogP contribution in [0.4, 0.5) is 0 Å². The molecule has 0 aliphatic carbocycles. The van der Waals surface area contributed by atoms with Gasteiger partial charge in [0, 0.05) is 0 Å². The Labute approximate surface area is 108 Å². The Bertz CT molecular complexity index is 526. The number of rotatable bonds is 3. The summed E-state index contributed by atoms with van der Waals surface area (Å²) in [7, 11) is 0. The monoisotopic (exact) mass is 296 g/mol. The number of hydrogen-bond acceptors (Lipinski definition) is 5. The Morgan fingerprint density at radius 2 is 2.00 bits per heavy atom. The first kappa shape index (κ1) is 12.2. The van der Waals surface area contributed by atoms with Crippen molar-refractivity contribution in [3.8, 4) is 11.5 Å². The third kappa shape index (κ3) is 2.52. The second kappa shape index (κ2) is 4.91. The summed E-state index contributed by atoms with van der Waals surface area (Å²) in [5.41, 5.74) is 2.46. The summed E-state index contributed by atoms with van der Waals surface area (Å²) in [4.78, 5) is 0.0972. The molecule has 0 saturated heterocycles. The number of halogens is 1. The molecule has 2 aromatic rings. The molecule has 1 atom stereocenters. The van der Waals surface area contributed by atoms with Crippen molar-refractivity contribution in [2.45, 2.75) is 32.0 Å². The summed E-state index contributed by atoms with van der Waals surface area (Å²) < 4.78 is 5.62. The molecule has 0 radical (unpaired) electrons. The Hall–Kier alpha value is -1.30. The molecule has 0 bridgehead atoms. The van der Waals surface area contributed by atoms with Crippen LogP contribution < -0.4 is 0 Å².